The summed E-state index contributed by atoms with van der Waals surface area (Å²) in [6, 6.07) is 8.80. The first-order valence-corrected chi connectivity index (χ1v) is 6.63. The van der Waals surface area contributed by atoms with E-state index in [4.69, 9.17) is 16.9 Å². The largest absolute Gasteiger partial charge is 0.228 e. The number of hydrogen-bond donors (Lipinski definition) is 0. The van der Waals surface area contributed by atoms with Gasteiger partial charge in [-0.25, -0.2) is 8.42 Å². The maximum absolute atomic E-state index is 11.4. The fourth-order valence-electron chi connectivity index (χ4n) is 1.18. The molecule has 1 rings (SSSR count). The maximum Gasteiger partial charge on any atom is 0.228 e. The van der Waals surface area contributed by atoms with E-state index in [9.17, 15) is 8.42 Å². The lowest BCUT2D eigenvalue weighted by Gasteiger charge is -2.15. The molecule has 0 unspecified atom stereocenters. The number of halogens is 1. The summed E-state index contributed by atoms with van der Waals surface area (Å²) in [4.78, 5) is 0. The highest BCUT2D eigenvalue weighted by atomic mass is 35.5. The normalized spacial score (nSPS) is 11.4. The van der Waals surface area contributed by atoms with Crippen molar-refractivity contribution in [3.8, 4) is 6.07 Å². The SMILES string of the molecule is CN(Cc1cccc(C#N)c1)S(=O)(=O)CCl. The molecule has 0 saturated heterocycles. The first kappa shape index (κ1) is 13.0. The van der Waals surface area contributed by atoms with Gasteiger partial charge in [-0.15, -0.1) is 11.6 Å². The molecule has 0 aliphatic rings. The van der Waals surface area contributed by atoms with Crippen molar-refractivity contribution in [1.29, 1.82) is 5.26 Å². The molecule has 4 nitrogen and oxygen atoms in total. The van der Waals surface area contributed by atoms with Crippen molar-refractivity contribution in [3.05, 3.63) is 35.4 Å². The van der Waals surface area contributed by atoms with Gasteiger partial charge in [0.2, 0.25) is 10.0 Å². The third-order valence-electron chi connectivity index (χ3n) is 2.07. The highest BCUT2D eigenvalue weighted by Gasteiger charge is 2.16. The summed E-state index contributed by atoms with van der Waals surface area (Å²) < 4.78 is 23.9. The molecule has 1 aromatic carbocycles. The minimum atomic E-state index is -3.40. The van der Waals surface area contributed by atoms with Crippen LogP contribution >= 0.6 is 11.6 Å². The molecule has 6 heteroatoms. The highest BCUT2D eigenvalue weighted by molar-refractivity contribution is 7.90. The number of sulfonamides is 1. The molecule has 0 fully saturated rings. The fraction of sp³-hybridized carbons (Fsp3) is 0.300. The van der Waals surface area contributed by atoms with E-state index in [1.54, 1.807) is 24.3 Å². The van der Waals surface area contributed by atoms with Crippen molar-refractivity contribution in [2.75, 3.05) is 12.3 Å². The molecule has 16 heavy (non-hydrogen) atoms. The van der Waals surface area contributed by atoms with Crippen molar-refractivity contribution in [3.63, 3.8) is 0 Å². The van der Waals surface area contributed by atoms with Crippen molar-refractivity contribution in [2.45, 2.75) is 6.54 Å². The molecule has 0 aliphatic carbocycles. The predicted molar refractivity (Wildman–Crippen MR) is 62.3 cm³/mol. The Morgan fingerprint density at radius 3 is 2.75 bits per heavy atom. The molecular weight excluding hydrogens is 248 g/mol. The van der Waals surface area contributed by atoms with Gasteiger partial charge < -0.3 is 0 Å². The lowest BCUT2D eigenvalue weighted by molar-refractivity contribution is 0.471. The number of alkyl halides is 1. The number of hydrogen-bond acceptors (Lipinski definition) is 3. The summed E-state index contributed by atoms with van der Waals surface area (Å²) in [5, 5.41) is 8.26. The zero-order valence-corrected chi connectivity index (χ0v) is 10.3. The fourth-order valence-corrected chi connectivity index (χ4v) is 2.19. The van der Waals surface area contributed by atoms with Gasteiger partial charge in [0.1, 0.15) is 5.21 Å². The van der Waals surface area contributed by atoms with Crippen molar-refractivity contribution in [2.24, 2.45) is 0 Å². The monoisotopic (exact) mass is 258 g/mol. The van der Waals surface area contributed by atoms with Crippen LogP contribution in [0.1, 0.15) is 11.1 Å². The summed E-state index contributed by atoms with van der Waals surface area (Å²) in [7, 11) is -1.94. The van der Waals surface area contributed by atoms with Gasteiger partial charge >= 0.3 is 0 Å². The second-order valence-corrected chi connectivity index (χ2v) is 5.95. The van der Waals surface area contributed by atoms with Crippen molar-refractivity contribution in [1.82, 2.24) is 4.31 Å². The van der Waals surface area contributed by atoms with Gasteiger partial charge in [-0.05, 0) is 17.7 Å². The Labute approximate surface area is 100 Å². The van der Waals surface area contributed by atoms with Crippen LogP contribution in [-0.2, 0) is 16.6 Å². The number of nitriles is 1. The van der Waals surface area contributed by atoms with Gasteiger partial charge in [-0.2, -0.15) is 9.57 Å². The third kappa shape index (κ3) is 3.20. The van der Waals surface area contributed by atoms with Gasteiger partial charge in [-0.3, -0.25) is 0 Å². The van der Waals surface area contributed by atoms with E-state index in [-0.39, 0.29) is 6.54 Å². The van der Waals surface area contributed by atoms with E-state index >= 15 is 0 Å². The molecule has 86 valence electrons. The molecule has 0 atom stereocenters. The molecule has 0 amide bonds. The van der Waals surface area contributed by atoms with Crippen LogP contribution in [0.4, 0.5) is 0 Å². The summed E-state index contributed by atoms with van der Waals surface area (Å²) in [5.41, 5.74) is 1.27. The van der Waals surface area contributed by atoms with Gasteiger partial charge in [-0.1, -0.05) is 12.1 Å². The lowest BCUT2D eigenvalue weighted by atomic mass is 10.1. The highest BCUT2D eigenvalue weighted by Crippen LogP contribution is 2.10. The van der Waals surface area contributed by atoms with Crippen LogP contribution < -0.4 is 0 Å². The van der Waals surface area contributed by atoms with Gasteiger partial charge in [0.15, 0.2) is 0 Å². The van der Waals surface area contributed by atoms with E-state index in [1.165, 1.54) is 7.05 Å². The quantitative estimate of drug-likeness (QED) is 0.770. The molecule has 0 bridgehead atoms. The van der Waals surface area contributed by atoms with Crippen LogP contribution in [0.5, 0.6) is 0 Å². The Hall–Kier alpha value is -1.09. The average molecular weight is 259 g/mol. The summed E-state index contributed by atoms with van der Waals surface area (Å²) in [5.74, 6) is 0. The van der Waals surface area contributed by atoms with E-state index in [1.807, 2.05) is 6.07 Å². The van der Waals surface area contributed by atoms with Crippen LogP contribution in [0.15, 0.2) is 24.3 Å². The number of benzene rings is 1. The Morgan fingerprint density at radius 2 is 2.19 bits per heavy atom. The van der Waals surface area contributed by atoms with Crippen LogP contribution in [0.25, 0.3) is 0 Å². The predicted octanol–water partition coefficient (Wildman–Crippen LogP) is 1.52. The third-order valence-corrected chi connectivity index (χ3v) is 4.26. The van der Waals surface area contributed by atoms with Gasteiger partial charge in [0.25, 0.3) is 0 Å². The minimum Gasteiger partial charge on any atom is -0.211 e. The molecule has 0 saturated carbocycles. The Balaban J connectivity index is 2.86. The van der Waals surface area contributed by atoms with Gasteiger partial charge in [0, 0.05) is 13.6 Å². The van der Waals surface area contributed by atoms with Crippen molar-refractivity contribution < 1.29 is 8.42 Å². The average Bonchev–Trinajstić information content (AvgIpc) is 2.29. The number of rotatable bonds is 4. The van der Waals surface area contributed by atoms with Crippen molar-refractivity contribution >= 4 is 21.6 Å². The smallest absolute Gasteiger partial charge is 0.211 e. The Kier molecular flexibility index (Phi) is 4.30. The Morgan fingerprint density at radius 1 is 1.50 bits per heavy atom. The van der Waals surface area contributed by atoms with Crippen LogP contribution in [0.2, 0.25) is 0 Å². The lowest BCUT2D eigenvalue weighted by Crippen LogP contribution is -2.27. The zero-order valence-electron chi connectivity index (χ0n) is 8.72. The minimum absolute atomic E-state index is 0.213. The number of nitrogens with zero attached hydrogens (tertiary/aromatic N) is 2. The maximum atomic E-state index is 11.4. The molecule has 0 aromatic heterocycles. The Bertz CT molecular complexity index is 508. The molecule has 1 aromatic rings. The molecule has 0 spiro atoms. The molecular formula is C10H11ClN2O2S. The van der Waals surface area contributed by atoms with Crippen LogP contribution in [0, 0.1) is 11.3 Å². The summed E-state index contributed by atoms with van der Waals surface area (Å²) in [6.07, 6.45) is 0. The van der Waals surface area contributed by atoms with Crippen LogP contribution in [0.3, 0.4) is 0 Å². The molecule has 0 heterocycles. The topological polar surface area (TPSA) is 61.2 Å². The first-order chi connectivity index (χ1) is 7.49. The molecule has 0 aliphatic heterocycles. The van der Waals surface area contributed by atoms with E-state index in [0.717, 1.165) is 9.87 Å². The molecule has 0 N–H and O–H groups in total. The van der Waals surface area contributed by atoms with Gasteiger partial charge in [0.05, 0.1) is 11.6 Å². The van der Waals surface area contributed by atoms with Crippen LogP contribution in [-0.4, -0.2) is 25.0 Å². The summed E-state index contributed by atoms with van der Waals surface area (Å²) in [6.45, 7) is 0.213. The zero-order chi connectivity index (χ0) is 12.2. The standard InChI is InChI=1S/C10H11ClN2O2S/c1-13(16(14,15)8-11)7-10-4-2-3-9(5-10)6-12/h2-5H,7-8H2,1H3. The van der Waals surface area contributed by atoms with E-state index < -0.39 is 15.2 Å². The second kappa shape index (κ2) is 5.30. The first-order valence-electron chi connectivity index (χ1n) is 4.48. The second-order valence-electron chi connectivity index (χ2n) is 3.29. The summed E-state index contributed by atoms with van der Waals surface area (Å²) >= 11 is 5.33. The van der Waals surface area contributed by atoms with E-state index in [0.29, 0.717) is 5.56 Å². The molecule has 0 radical (unpaired) electrons. The van der Waals surface area contributed by atoms with E-state index in [2.05, 4.69) is 0 Å².